The number of halogens is 1. The summed E-state index contributed by atoms with van der Waals surface area (Å²) in [5, 5.41) is 11.3. The fourth-order valence-electron chi connectivity index (χ4n) is 3.68. The van der Waals surface area contributed by atoms with Crippen molar-refractivity contribution in [1.29, 1.82) is 0 Å². The van der Waals surface area contributed by atoms with Crippen LogP contribution in [0.4, 0.5) is 0 Å². The van der Waals surface area contributed by atoms with E-state index >= 15 is 0 Å². The van der Waals surface area contributed by atoms with Crippen molar-refractivity contribution >= 4 is 17.6 Å². The number of hydrogen-bond donors (Lipinski definition) is 1. The van der Waals surface area contributed by atoms with Crippen molar-refractivity contribution in [2.45, 2.75) is 52.1 Å². The molecule has 0 spiro atoms. The van der Waals surface area contributed by atoms with Gasteiger partial charge in [0.25, 0.3) is 0 Å². The van der Waals surface area contributed by atoms with Crippen LogP contribution in [-0.2, 0) is 29.1 Å². The van der Waals surface area contributed by atoms with Gasteiger partial charge in [-0.3, -0.25) is 4.84 Å². The van der Waals surface area contributed by atoms with E-state index in [0.29, 0.717) is 18.1 Å². The number of carbonyl (C=O) groups is 1. The summed E-state index contributed by atoms with van der Waals surface area (Å²) < 4.78 is 0. The van der Waals surface area contributed by atoms with Gasteiger partial charge in [-0.15, -0.1) is 0 Å². The lowest BCUT2D eigenvalue weighted by molar-refractivity contribution is -0.190. The predicted octanol–water partition coefficient (Wildman–Crippen LogP) is 6.88. The molecule has 0 amide bonds. The fourth-order valence-corrected chi connectivity index (χ4v) is 3.90. The lowest BCUT2D eigenvalue weighted by Crippen LogP contribution is -2.26. The zero-order valence-electron chi connectivity index (χ0n) is 20.2. The van der Waals surface area contributed by atoms with E-state index in [9.17, 15) is 4.79 Å². The Labute approximate surface area is 213 Å². The molecule has 0 saturated heterocycles. The maximum absolute atomic E-state index is 11.0. The molecule has 0 fully saturated rings. The van der Waals surface area contributed by atoms with Crippen LogP contribution in [-0.4, -0.2) is 22.7 Å². The Balaban J connectivity index is 1.58. The minimum absolute atomic E-state index is 0.401. The molecular formula is C30H32ClNO3. The monoisotopic (exact) mass is 489 g/mol. The van der Waals surface area contributed by atoms with Crippen molar-refractivity contribution in [2.24, 2.45) is 0 Å². The molecule has 35 heavy (non-hydrogen) atoms. The molecule has 0 unspecified atom stereocenters. The smallest absolute Gasteiger partial charge is 0.331 e. The Bertz CT molecular complexity index is 1130. The lowest BCUT2D eigenvalue weighted by atomic mass is 10.0. The molecule has 3 aromatic rings. The first-order valence-corrected chi connectivity index (χ1v) is 12.4. The van der Waals surface area contributed by atoms with E-state index in [4.69, 9.17) is 21.5 Å². The molecule has 1 N–H and O–H groups in total. The first-order chi connectivity index (χ1) is 17.0. The molecule has 0 aromatic heterocycles. The normalized spacial score (nSPS) is 10.7. The largest absolute Gasteiger partial charge is 0.479 e. The molecule has 0 saturated carbocycles. The maximum atomic E-state index is 11.0. The van der Waals surface area contributed by atoms with Gasteiger partial charge in [-0.25, -0.2) is 4.79 Å². The van der Waals surface area contributed by atoms with Crippen LogP contribution in [0.2, 0.25) is 5.02 Å². The highest BCUT2D eigenvalue weighted by molar-refractivity contribution is 6.30. The zero-order valence-corrected chi connectivity index (χ0v) is 20.9. The SMILES string of the molecule is CCCCCCc1ccc(C#Cc2ccc(CN(Cc3cccc(Cl)c3)OCC(=O)O)cc2)cc1. The first-order valence-electron chi connectivity index (χ1n) is 12.1. The summed E-state index contributed by atoms with van der Waals surface area (Å²) in [5.74, 6) is 5.44. The van der Waals surface area contributed by atoms with Crippen LogP contribution in [0.1, 0.15) is 60.4 Å². The van der Waals surface area contributed by atoms with Gasteiger partial charge in [-0.1, -0.05) is 86.0 Å². The summed E-state index contributed by atoms with van der Waals surface area (Å²) in [5.41, 5.74) is 5.22. The van der Waals surface area contributed by atoms with Crippen molar-refractivity contribution in [3.8, 4) is 11.8 Å². The second kappa shape index (κ2) is 14.3. The van der Waals surface area contributed by atoms with Gasteiger partial charge >= 0.3 is 5.97 Å². The lowest BCUT2D eigenvalue weighted by Gasteiger charge is -2.21. The number of unbranched alkanes of at least 4 members (excludes halogenated alkanes) is 3. The Morgan fingerprint density at radius 2 is 1.49 bits per heavy atom. The second-order valence-corrected chi connectivity index (χ2v) is 8.99. The Morgan fingerprint density at radius 3 is 2.09 bits per heavy atom. The van der Waals surface area contributed by atoms with E-state index in [2.05, 4.69) is 43.0 Å². The average molecular weight is 490 g/mol. The molecule has 0 heterocycles. The second-order valence-electron chi connectivity index (χ2n) is 8.55. The Kier molecular flexibility index (Phi) is 10.9. The third-order valence-corrected chi connectivity index (χ3v) is 5.79. The van der Waals surface area contributed by atoms with Crippen LogP contribution in [0.5, 0.6) is 0 Å². The van der Waals surface area contributed by atoms with E-state index in [-0.39, 0.29) is 0 Å². The molecule has 3 aromatic carbocycles. The summed E-state index contributed by atoms with van der Waals surface area (Å²) in [6.45, 7) is 2.69. The van der Waals surface area contributed by atoms with Gasteiger partial charge in [-0.2, -0.15) is 5.06 Å². The Hall–Kier alpha value is -3.10. The minimum Gasteiger partial charge on any atom is -0.479 e. The number of hydrogen-bond acceptors (Lipinski definition) is 3. The average Bonchev–Trinajstić information content (AvgIpc) is 2.85. The summed E-state index contributed by atoms with van der Waals surface area (Å²) in [6, 6.07) is 23.9. The standard InChI is InChI=1S/C30H32ClNO3/c1-2-3-4-5-7-24-10-12-25(13-11-24)14-15-26-16-18-27(19-17-26)21-32(35-23-30(33)34)22-28-8-6-9-29(31)20-28/h6,8-13,16-20H,2-5,7,21-23H2,1H3,(H,33,34). The molecule has 0 radical (unpaired) electrons. The molecule has 0 atom stereocenters. The molecule has 0 bridgehead atoms. The quantitative estimate of drug-likeness (QED) is 0.171. The van der Waals surface area contributed by atoms with E-state index in [1.165, 1.54) is 31.2 Å². The van der Waals surface area contributed by atoms with Gasteiger partial charge in [0, 0.05) is 29.2 Å². The van der Waals surface area contributed by atoms with Crippen molar-refractivity contribution in [2.75, 3.05) is 6.61 Å². The predicted molar refractivity (Wildman–Crippen MR) is 141 cm³/mol. The zero-order chi connectivity index (χ0) is 24.9. The summed E-state index contributed by atoms with van der Waals surface area (Å²) in [7, 11) is 0. The van der Waals surface area contributed by atoms with Crippen molar-refractivity contribution in [3.63, 3.8) is 0 Å². The Morgan fingerprint density at radius 1 is 0.857 bits per heavy atom. The van der Waals surface area contributed by atoms with Gasteiger partial charge in [0.15, 0.2) is 6.61 Å². The van der Waals surface area contributed by atoms with Crippen molar-refractivity contribution in [1.82, 2.24) is 5.06 Å². The third kappa shape index (κ3) is 9.96. The van der Waals surface area contributed by atoms with Crippen LogP contribution in [0, 0.1) is 11.8 Å². The third-order valence-electron chi connectivity index (χ3n) is 5.56. The summed E-state index contributed by atoms with van der Waals surface area (Å²) >= 11 is 6.08. The van der Waals surface area contributed by atoms with Crippen LogP contribution < -0.4 is 0 Å². The number of rotatable bonds is 12. The number of aryl methyl sites for hydroxylation is 1. The number of carboxylic acid groups (broad SMARTS) is 1. The van der Waals surface area contributed by atoms with E-state index in [1.54, 1.807) is 11.1 Å². The molecule has 0 aliphatic rings. The molecule has 3 rings (SSSR count). The molecule has 4 nitrogen and oxygen atoms in total. The maximum Gasteiger partial charge on any atom is 0.331 e. The molecule has 182 valence electrons. The van der Waals surface area contributed by atoms with Gasteiger partial charge in [0.1, 0.15) is 0 Å². The van der Waals surface area contributed by atoms with E-state index in [1.807, 2.05) is 42.5 Å². The van der Waals surface area contributed by atoms with Crippen LogP contribution in [0.15, 0.2) is 72.8 Å². The minimum atomic E-state index is -1.02. The number of nitrogens with zero attached hydrogens (tertiary/aromatic N) is 1. The number of aliphatic carboxylic acids is 1. The highest BCUT2D eigenvalue weighted by atomic mass is 35.5. The summed E-state index contributed by atoms with van der Waals surface area (Å²) in [6.07, 6.45) is 6.22. The van der Waals surface area contributed by atoms with Gasteiger partial charge in [0.2, 0.25) is 0 Å². The van der Waals surface area contributed by atoms with Crippen molar-refractivity contribution in [3.05, 3.63) is 106 Å². The van der Waals surface area contributed by atoms with Crippen LogP contribution in [0.3, 0.4) is 0 Å². The van der Waals surface area contributed by atoms with Gasteiger partial charge in [-0.05, 0) is 65.9 Å². The fraction of sp³-hybridized carbons (Fsp3) is 0.300. The van der Waals surface area contributed by atoms with E-state index in [0.717, 1.165) is 28.7 Å². The van der Waals surface area contributed by atoms with Crippen LogP contribution >= 0.6 is 11.6 Å². The molecule has 0 aliphatic carbocycles. The van der Waals surface area contributed by atoms with Crippen molar-refractivity contribution < 1.29 is 14.7 Å². The summed E-state index contributed by atoms with van der Waals surface area (Å²) in [4.78, 5) is 16.5. The molecule has 0 aliphatic heterocycles. The number of carboxylic acids is 1. The van der Waals surface area contributed by atoms with E-state index < -0.39 is 12.6 Å². The number of hydroxylamine groups is 2. The number of benzene rings is 3. The van der Waals surface area contributed by atoms with Gasteiger partial charge in [0.05, 0.1) is 0 Å². The molecular weight excluding hydrogens is 458 g/mol. The highest BCUT2D eigenvalue weighted by Crippen LogP contribution is 2.16. The van der Waals surface area contributed by atoms with Gasteiger partial charge < -0.3 is 5.11 Å². The first kappa shape index (κ1) is 26.5. The van der Waals surface area contributed by atoms with Crippen LogP contribution in [0.25, 0.3) is 0 Å². The topological polar surface area (TPSA) is 49.8 Å². The molecule has 5 heteroatoms. The highest BCUT2D eigenvalue weighted by Gasteiger charge is 2.11.